The largest absolute Gasteiger partial charge is 0.340 e. The third-order valence-corrected chi connectivity index (χ3v) is 4.95. The van der Waals surface area contributed by atoms with Gasteiger partial charge in [-0.05, 0) is 33.5 Å². The van der Waals surface area contributed by atoms with Crippen LogP contribution in [0.1, 0.15) is 26.2 Å². The number of nitrogens with one attached hydrogen (secondary N) is 1. The lowest BCUT2D eigenvalue weighted by atomic mass is 9.81. The van der Waals surface area contributed by atoms with Gasteiger partial charge in [0.05, 0.1) is 5.41 Å². The molecule has 0 aromatic heterocycles. The number of rotatable bonds is 6. The van der Waals surface area contributed by atoms with Gasteiger partial charge < -0.3 is 15.1 Å². The first-order valence-electron chi connectivity index (χ1n) is 8.44. The van der Waals surface area contributed by atoms with Crippen LogP contribution in [-0.4, -0.2) is 87.1 Å². The van der Waals surface area contributed by atoms with Gasteiger partial charge in [-0.3, -0.25) is 9.69 Å². The summed E-state index contributed by atoms with van der Waals surface area (Å²) in [6, 6.07) is 0. The molecule has 2 heterocycles. The topological polar surface area (TPSA) is 38.8 Å². The van der Waals surface area contributed by atoms with Crippen molar-refractivity contribution >= 4 is 5.91 Å². The van der Waals surface area contributed by atoms with E-state index in [1.54, 1.807) is 0 Å². The van der Waals surface area contributed by atoms with Gasteiger partial charge in [0.15, 0.2) is 0 Å². The van der Waals surface area contributed by atoms with E-state index in [0.29, 0.717) is 5.91 Å². The van der Waals surface area contributed by atoms with E-state index in [1.165, 1.54) is 0 Å². The van der Waals surface area contributed by atoms with E-state index in [4.69, 9.17) is 0 Å². The van der Waals surface area contributed by atoms with Crippen LogP contribution in [0, 0.1) is 5.41 Å². The van der Waals surface area contributed by atoms with E-state index in [2.05, 4.69) is 41.0 Å². The molecule has 2 aliphatic rings. The van der Waals surface area contributed by atoms with E-state index in [1.807, 2.05) is 0 Å². The van der Waals surface area contributed by atoms with Crippen LogP contribution in [0.5, 0.6) is 0 Å². The number of hydrogen-bond acceptors (Lipinski definition) is 4. The van der Waals surface area contributed by atoms with Crippen molar-refractivity contribution in [3.63, 3.8) is 0 Å². The Kier molecular flexibility index (Phi) is 6.02. The Morgan fingerprint density at radius 1 is 1.24 bits per heavy atom. The number of piperazine rings is 1. The molecule has 0 aromatic carbocycles. The molecule has 1 amide bonds. The molecule has 0 aromatic rings. The number of likely N-dealkylation sites (N-methyl/N-ethyl adjacent to an activating group) is 1. The molecule has 1 atom stereocenters. The van der Waals surface area contributed by atoms with E-state index in [0.717, 1.165) is 71.6 Å². The summed E-state index contributed by atoms with van der Waals surface area (Å²) in [6.07, 6.45) is 3.14. The van der Waals surface area contributed by atoms with Crippen molar-refractivity contribution in [2.45, 2.75) is 26.2 Å². The molecule has 0 radical (unpaired) electrons. The lowest BCUT2D eigenvalue weighted by molar-refractivity contribution is -0.143. The molecule has 2 aliphatic heterocycles. The Morgan fingerprint density at radius 3 is 2.48 bits per heavy atom. The zero-order chi connectivity index (χ0) is 15.3. The van der Waals surface area contributed by atoms with Crippen LogP contribution in [0.2, 0.25) is 0 Å². The van der Waals surface area contributed by atoms with Gasteiger partial charge in [0, 0.05) is 45.8 Å². The standard InChI is InChI=1S/C16H32N4O/c1-4-5-16(6-7-17-14-16)15(21)20-12-10-19(11-13-20)9-8-18(2)3/h17H,4-14H2,1-3H3. The Bertz CT molecular complexity index is 331. The molecule has 0 aliphatic carbocycles. The predicted octanol–water partition coefficient (Wildman–Crippen LogP) is 0.472. The van der Waals surface area contributed by atoms with Crippen LogP contribution in [0.15, 0.2) is 0 Å². The van der Waals surface area contributed by atoms with Gasteiger partial charge in [-0.25, -0.2) is 0 Å². The normalized spacial score (nSPS) is 27.5. The Balaban J connectivity index is 1.84. The second-order valence-electron chi connectivity index (χ2n) is 6.89. The molecule has 0 spiro atoms. The second kappa shape index (κ2) is 7.56. The molecule has 0 bridgehead atoms. The monoisotopic (exact) mass is 296 g/mol. The summed E-state index contributed by atoms with van der Waals surface area (Å²) >= 11 is 0. The number of hydrogen-bond donors (Lipinski definition) is 1. The third-order valence-electron chi connectivity index (χ3n) is 4.95. The van der Waals surface area contributed by atoms with Crippen molar-refractivity contribution in [2.24, 2.45) is 5.41 Å². The fraction of sp³-hybridized carbons (Fsp3) is 0.938. The molecule has 1 N–H and O–H groups in total. The fourth-order valence-electron chi connectivity index (χ4n) is 3.58. The SMILES string of the molecule is CCCC1(C(=O)N2CCN(CCN(C)C)CC2)CCNC1. The lowest BCUT2D eigenvalue weighted by Gasteiger charge is -2.39. The molecule has 0 saturated carbocycles. The summed E-state index contributed by atoms with van der Waals surface area (Å²) in [4.78, 5) is 19.8. The summed E-state index contributed by atoms with van der Waals surface area (Å²) in [7, 11) is 4.22. The molecular weight excluding hydrogens is 264 g/mol. The van der Waals surface area contributed by atoms with Gasteiger partial charge in [-0.15, -0.1) is 0 Å². The molecule has 5 heteroatoms. The van der Waals surface area contributed by atoms with Crippen LogP contribution in [0.3, 0.4) is 0 Å². The maximum atomic E-state index is 12.9. The predicted molar refractivity (Wildman–Crippen MR) is 86.4 cm³/mol. The van der Waals surface area contributed by atoms with E-state index in [-0.39, 0.29) is 5.41 Å². The first-order chi connectivity index (χ1) is 10.1. The van der Waals surface area contributed by atoms with Crippen LogP contribution in [0.4, 0.5) is 0 Å². The van der Waals surface area contributed by atoms with Crippen LogP contribution in [-0.2, 0) is 4.79 Å². The highest BCUT2D eigenvalue weighted by atomic mass is 16.2. The highest BCUT2D eigenvalue weighted by Gasteiger charge is 2.43. The lowest BCUT2D eigenvalue weighted by Crippen LogP contribution is -2.54. The minimum absolute atomic E-state index is 0.111. The minimum Gasteiger partial charge on any atom is -0.340 e. The fourth-order valence-corrected chi connectivity index (χ4v) is 3.58. The smallest absolute Gasteiger partial charge is 0.230 e. The molecule has 2 rings (SSSR count). The number of carbonyl (C=O) groups excluding carboxylic acids is 1. The summed E-state index contributed by atoms with van der Waals surface area (Å²) in [5.41, 5.74) is -0.111. The summed E-state index contributed by atoms with van der Waals surface area (Å²) < 4.78 is 0. The highest BCUT2D eigenvalue weighted by Crippen LogP contribution is 2.33. The highest BCUT2D eigenvalue weighted by molar-refractivity contribution is 5.83. The molecule has 21 heavy (non-hydrogen) atoms. The van der Waals surface area contributed by atoms with Gasteiger partial charge in [0.1, 0.15) is 0 Å². The van der Waals surface area contributed by atoms with Crippen molar-refractivity contribution in [1.82, 2.24) is 20.0 Å². The van der Waals surface area contributed by atoms with Crippen LogP contribution >= 0.6 is 0 Å². The average Bonchev–Trinajstić information content (AvgIpc) is 2.95. The van der Waals surface area contributed by atoms with Crippen LogP contribution < -0.4 is 5.32 Å². The van der Waals surface area contributed by atoms with Gasteiger partial charge in [0.2, 0.25) is 5.91 Å². The van der Waals surface area contributed by atoms with Crippen molar-refractivity contribution < 1.29 is 4.79 Å². The maximum absolute atomic E-state index is 12.9. The summed E-state index contributed by atoms with van der Waals surface area (Å²) in [5, 5.41) is 3.40. The third kappa shape index (κ3) is 4.18. The Labute approximate surface area is 129 Å². The second-order valence-corrected chi connectivity index (χ2v) is 6.89. The Hall–Kier alpha value is -0.650. The number of amides is 1. The van der Waals surface area contributed by atoms with Crippen molar-refractivity contribution in [3.8, 4) is 0 Å². The van der Waals surface area contributed by atoms with E-state index < -0.39 is 0 Å². The van der Waals surface area contributed by atoms with Crippen molar-refractivity contribution in [2.75, 3.05) is 66.5 Å². The van der Waals surface area contributed by atoms with Gasteiger partial charge in [-0.2, -0.15) is 0 Å². The molecule has 1 unspecified atom stereocenters. The zero-order valence-electron chi connectivity index (χ0n) is 14.0. The Morgan fingerprint density at radius 2 is 1.95 bits per heavy atom. The van der Waals surface area contributed by atoms with E-state index >= 15 is 0 Å². The minimum atomic E-state index is -0.111. The molecule has 122 valence electrons. The molecule has 2 saturated heterocycles. The van der Waals surface area contributed by atoms with E-state index in [9.17, 15) is 4.79 Å². The van der Waals surface area contributed by atoms with Gasteiger partial charge >= 0.3 is 0 Å². The van der Waals surface area contributed by atoms with Crippen LogP contribution in [0.25, 0.3) is 0 Å². The molecule has 5 nitrogen and oxygen atoms in total. The average molecular weight is 296 g/mol. The first-order valence-corrected chi connectivity index (χ1v) is 8.44. The van der Waals surface area contributed by atoms with Gasteiger partial charge in [-0.1, -0.05) is 13.3 Å². The summed E-state index contributed by atoms with van der Waals surface area (Å²) in [5.74, 6) is 0.404. The first kappa shape index (κ1) is 16.7. The summed E-state index contributed by atoms with van der Waals surface area (Å²) in [6.45, 7) is 10.1. The van der Waals surface area contributed by atoms with Crippen molar-refractivity contribution in [1.29, 1.82) is 0 Å². The quantitative estimate of drug-likeness (QED) is 0.773. The van der Waals surface area contributed by atoms with Crippen molar-refractivity contribution in [3.05, 3.63) is 0 Å². The number of nitrogens with zero attached hydrogens (tertiary/aromatic N) is 3. The maximum Gasteiger partial charge on any atom is 0.230 e. The zero-order valence-corrected chi connectivity index (χ0v) is 14.0. The number of carbonyl (C=O) groups is 1. The molecule has 2 fully saturated rings. The van der Waals surface area contributed by atoms with Gasteiger partial charge in [0.25, 0.3) is 0 Å². The molecular formula is C16H32N4O.